The molecule has 0 saturated carbocycles. The number of aryl methyl sites for hydroxylation is 1. The summed E-state index contributed by atoms with van der Waals surface area (Å²) in [7, 11) is -3.61. The van der Waals surface area contributed by atoms with Gasteiger partial charge >= 0.3 is 6.09 Å². The predicted octanol–water partition coefficient (Wildman–Crippen LogP) is 2.10. The van der Waals surface area contributed by atoms with Crippen molar-refractivity contribution >= 4 is 21.8 Å². The molecule has 1 aliphatic heterocycles. The molecule has 1 aliphatic rings. The van der Waals surface area contributed by atoms with Crippen LogP contribution in [0.3, 0.4) is 0 Å². The molecule has 0 amide bonds. The van der Waals surface area contributed by atoms with Crippen molar-refractivity contribution in [2.75, 3.05) is 36.8 Å². The summed E-state index contributed by atoms with van der Waals surface area (Å²) in [6, 6.07) is 2.59. The molecule has 0 spiro atoms. The first kappa shape index (κ1) is 26.1. The number of rotatable bonds is 3. The highest BCUT2D eigenvalue weighted by molar-refractivity contribution is 7.92. The van der Waals surface area contributed by atoms with Crippen LogP contribution in [0.25, 0.3) is 0 Å². The monoisotopic (exact) mass is 419 g/mol. The van der Waals surface area contributed by atoms with E-state index in [0.717, 1.165) is 26.3 Å². The fourth-order valence-corrected chi connectivity index (χ4v) is 2.34. The van der Waals surface area contributed by atoms with E-state index >= 15 is 0 Å². The maximum atomic E-state index is 11.7. The van der Waals surface area contributed by atoms with E-state index in [2.05, 4.69) is 33.0 Å². The van der Waals surface area contributed by atoms with Crippen LogP contribution in [0.1, 0.15) is 40.3 Å². The topological polar surface area (TPSA) is 127 Å². The summed E-state index contributed by atoms with van der Waals surface area (Å²) in [5, 5.41) is 12.0. The Balaban J connectivity index is 0.000000538. The van der Waals surface area contributed by atoms with Gasteiger partial charge in [-0.15, -0.1) is 0 Å². The molecule has 1 saturated heterocycles. The summed E-state index contributed by atoms with van der Waals surface area (Å²) >= 11 is 0. The van der Waals surface area contributed by atoms with Crippen LogP contribution < -0.4 is 15.6 Å². The van der Waals surface area contributed by atoms with E-state index < -0.39 is 21.7 Å². The summed E-state index contributed by atoms with van der Waals surface area (Å²) < 4.78 is 30.1. The van der Waals surface area contributed by atoms with Crippen molar-refractivity contribution in [3.63, 3.8) is 0 Å². The molecule has 0 radical (unpaired) electrons. The smallest absolute Gasteiger partial charge is 0.418 e. The SMILES string of the molecule is C1COCCN1.CC(C)(C)C.CCS(=O)(=O)Nc1ccc(C)n(C(=O)O)c1=O. The molecule has 2 heterocycles. The lowest BCUT2D eigenvalue weighted by molar-refractivity contribution is 0.109. The number of hydrogen-bond acceptors (Lipinski definition) is 6. The lowest BCUT2D eigenvalue weighted by Crippen LogP contribution is -2.31. The van der Waals surface area contributed by atoms with E-state index in [4.69, 9.17) is 9.84 Å². The molecule has 10 heteroatoms. The first-order valence-electron chi connectivity index (χ1n) is 9.03. The number of nitrogens with one attached hydrogen (secondary N) is 2. The van der Waals surface area contributed by atoms with E-state index in [1.807, 2.05) is 4.72 Å². The number of nitrogens with zero attached hydrogens (tertiary/aromatic N) is 1. The van der Waals surface area contributed by atoms with Gasteiger partial charge in [0.15, 0.2) is 0 Å². The second kappa shape index (κ2) is 11.8. The predicted molar refractivity (Wildman–Crippen MR) is 111 cm³/mol. The molecule has 0 unspecified atom stereocenters. The summed E-state index contributed by atoms with van der Waals surface area (Å²) in [6.07, 6.45) is -1.45. The number of anilines is 1. The molecule has 0 atom stereocenters. The van der Waals surface area contributed by atoms with Crippen LogP contribution in [0, 0.1) is 12.3 Å². The second-order valence-electron chi connectivity index (χ2n) is 7.68. The zero-order valence-corrected chi connectivity index (χ0v) is 18.4. The Bertz CT molecular complexity index is 760. The lowest BCUT2D eigenvalue weighted by atomic mass is 10.0. The number of pyridine rings is 1. The zero-order valence-electron chi connectivity index (χ0n) is 17.5. The van der Waals surface area contributed by atoms with Gasteiger partial charge in [-0.1, -0.05) is 27.7 Å². The molecule has 1 aromatic heterocycles. The summed E-state index contributed by atoms with van der Waals surface area (Å²) in [6.45, 7) is 15.4. The largest absolute Gasteiger partial charge is 0.464 e. The fourth-order valence-electron chi connectivity index (χ4n) is 1.70. The van der Waals surface area contributed by atoms with Crippen molar-refractivity contribution < 1.29 is 23.1 Å². The maximum absolute atomic E-state index is 11.7. The molecule has 1 aromatic rings. The number of aromatic nitrogens is 1. The Kier molecular flexibility index (Phi) is 11.0. The average molecular weight is 420 g/mol. The van der Waals surface area contributed by atoms with Crippen molar-refractivity contribution in [1.82, 2.24) is 9.88 Å². The molecule has 1 fully saturated rings. The van der Waals surface area contributed by atoms with E-state index in [9.17, 15) is 18.0 Å². The number of sulfonamides is 1. The Morgan fingerprint density at radius 2 is 1.75 bits per heavy atom. The van der Waals surface area contributed by atoms with E-state index in [1.165, 1.54) is 26.0 Å². The third kappa shape index (κ3) is 11.7. The summed E-state index contributed by atoms with van der Waals surface area (Å²) in [4.78, 5) is 22.5. The first-order valence-corrected chi connectivity index (χ1v) is 10.7. The van der Waals surface area contributed by atoms with Crippen LogP contribution in [0.15, 0.2) is 16.9 Å². The molecular formula is C18H33N3O6S. The van der Waals surface area contributed by atoms with Gasteiger partial charge in [-0.25, -0.2) is 17.8 Å². The third-order valence-corrected chi connectivity index (χ3v) is 4.25. The minimum Gasteiger partial charge on any atom is -0.464 e. The van der Waals surface area contributed by atoms with Crippen LogP contribution in [0.5, 0.6) is 0 Å². The minimum atomic E-state index is -3.61. The van der Waals surface area contributed by atoms with Crippen molar-refractivity contribution in [2.45, 2.75) is 41.5 Å². The summed E-state index contributed by atoms with van der Waals surface area (Å²) in [5.74, 6) is -0.201. The van der Waals surface area contributed by atoms with Gasteiger partial charge in [0.2, 0.25) is 10.0 Å². The summed E-state index contributed by atoms with van der Waals surface area (Å²) in [5.41, 5.74) is -0.476. The van der Waals surface area contributed by atoms with Crippen LogP contribution >= 0.6 is 0 Å². The number of carbonyl (C=O) groups is 1. The molecule has 3 N–H and O–H groups in total. The van der Waals surface area contributed by atoms with E-state index in [1.54, 1.807) is 0 Å². The zero-order chi connectivity index (χ0) is 22.0. The molecule has 2 rings (SSSR count). The number of carboxylic acid groups (broad SMARTS) is 1. The van der Waals surface area contributed by atoms with Crippen LogP contribution in [-0.4, -0.2) is 56.2 Å². The van der Waals surface area contributed by atoms with E-state index in [-0.39, 0.29) is 17.1 Å². The van der Waals surface area contributed by atoms with Crippen molar-refractivity contribution in [3.05, 3.63) is 28.2 Å². The maximum Gasteiger partial charge on any atom is 0.418 e. The van der Waals surface area contributed by atoms with Gasteiger partial charge in [-0.2, -0.15) is 0 Å². The standard InChI is InChI=1S/C9H12N2O5S.C5H12.C4H9NO/c1-3-17(15,16)10-7-5-4-6(2)11(8(7)12)9(13)14;1-5(2,3)4;1-3-6-4-2-5-1/h4-5,10H,3H2,1-2H3,(H,13,14);1-4H3;5H,1-4H2. The van der Waals surface area contributed by atoms with Crippen molar-refractivity contribution in [3.8, 4) is 0 Å². The van der Waals surface area contributed by atoms with Crippen LogP contribution in [0.4, 0.5) is 10.5 Å². The number of morpholine rings is 1. The van der Waals surface area contributed by atoms with Crippen LogP contribution in [0.2, 0.25) is 0 Å². The van der Waals surface area contributed by atoms with Gasteiger partial charge in [-0.05, 0) is 31.4 Å². The van der Waals surface area contributed by atoms with Gasteiger partial charge < -0.3 is 15.2 Å². The Hall–Kier alpha value is -1.91. The van der Waals surface area contributed by atoms with Crippen LogP contribution in [-0.2, 0) is 14.8 Å². The molecular weight excluding hydrogens is 386 g/mol. The molecule has 0 aliphatic carbocycles. The Morgan fingerprint density at radius 1 is 1.25 bits per heavy atom. The Morgan fingerprint density at radius 3 is 2.07 bits per heavy atom. The second-order valence-corrected chi connectivity index (χ2v) is 9.69. The van der Waals surface area contributed by atoms with Gasteiger partial charge in [-0.3, -0.25) is 9.52 Å². The average Bonchev–Trinajstić information content (AvgIpc) is 2.58. The first-order chi connectivity index (χ1) is 12.8. The molecule has 9 nitrogen and oxygen atoms in total. The lowest BCUT2D eigenvalue weighted by Gasteiger charge is -2.10. The highest BCUT2D eigenvalue weighted by Crippen LogP contribution is 2.08. The quantitative estimate of drug-likeness (QED) is 0.685. The highest BCUT2D eigenvalue weighted by Gasteiger charge is 2.15. The van der Waals surface area contributed by atoms with Gasteiger partial charge in [0.1, 0.15) is 5.69 Å². The molecule has 162 valence electrons. The molecule has 28 heavy (non-hydrogen) atoms. The van der Waals surface area contributed by atoms with Gasteiger partial charge in [0.25, 0.3) is 5.56 Å². The van der Waals surface area contributed by atoms with Crippen molar-refractivity contribution in [2.24, 2.45) is 5.41 Å². The number of hydrogen-bond donors (Lipinski definition) is 3. The highest BCUT2D eigenvalue weighted by atomic mass is 32.2. The van der Waals surface area contributed by atoms with Crippen molar-refractivity contribution in [1.29, 1.82) is 0 Å². The minimum absolute atomic E-state index is 0.201. The van der Waals surface area contributed by atoms with E-state index in [0.29, 0.717) is 9.98 Å². The normalized spacial score (nSPS) is 14.1. The Labute approximate surface area is 167 Å². The fraction of sp³-hybridized carbons (Fsp3) is 0.667. The third-order valence-electron chi connectivity index (χ3n) is 2.96. The number of ether oxygens (including phenoxy) is 1. The molecule has 0 bridgehead atoms. The molecule has 0 aromatic carbocycles. The van der Waals surface area contributed by atoms with Gasteiger partial charge in [0.05, 0.1) is 19.0 Å². The van der Waals surface area contributed by atoms with Gasteiger partial charge in [0, 0.05) is 18.8 Å².